The van der Waals surface area contributed by atoms with E-state index in [1.807, 2.05) is 0 Å². The molecule has 8 heteroatoms. The van der Waals surface area contributed by atoms with Gasteiger partial charge < -0.3 is 24.1 Å². The second-order valence-electron chi connectivity index (χ2n) is 5.26. The number of esters is 3. The second-order valence-corrected chi connectivity index (χ2v) is 5.26. The van der Waals surface area contributed by atoms with Gasteiger partial charge in [0.25, 0.3) is 0 Å². The molecule has 0 aliphatic heterocycles. The average molecular weight is 358 g/mol. The number of aliphatic hydroxyl groups excluding tert-OH is 1. The molecule has 0 bridgehead atoms. The highest BCUT2D eigenvalue weighted by molar-refractivity contribution is 5.81. The molecule has 0 radical (unpaired) electrons. The Kier molecular flexibility index (Phi) is 12.0. The van der Waals surface area contributed by atoms with Crippen molar-refractivity contribution in [2.45, 2.75) is 19.8 Å². The van der Waals surface area contributed by atoms with Crippen LogP contribution in [-0.4, -0.2) is 62.7 Å². The van der Waals surface area contributed by atoms with E-state index in [2.05, 4.69) is 13.2 Å². The summed E-state index contributed by atoms with van der Waals surface area (Å²) >= 11 is 0. The van der Waals surface area contributed by atoms with Crippen LogP contribution in [0.4, 0.5) is 0 Å². The lowest BCUT2D eigenvalue weighted by molar-refractivity contribution is -0.158. The first-order valence-electron chi connectivity index (χ1n) is 7.85. The Morgan fingerprint density at radius 2 is 1.56 bits per heavy atom. The van der Waals surface area contributed by atoms with Crippen molar-refractivity contribution in [3.63, 3.8) is 0 Å². The number of aliphatic hydroxyl groups is 1. The van der Waals surface area contributed by atoms with E-state index in [1.165, 1.54) is 0 Å². The van der Waals surface area contributed by atoms with Crippen LogP contribution < -0.4 is 0 Å². The van der Waals surface area contributed by atoms with Gasteiger partial charge >= 0.3 is 17.9 Å². The minimum Gasteiger partial charge on any atom is -0.465 e. The summed E-state index contributed by atoms with van der Waals surface area (Å²) in [6.07, 6.45) is 2.68. The quantitative estimate of drug-likeness (QED) is 0.210. The van der Waals surface area contributed by atoms with Crippen molar-refractivity contribution in [1.82, 2.24) is 0 Å². The number of hydrogen-bond acceptors (Lipinski definition) is 8. The summed E-state index contributed by atoms with van der Waals surface area (Å²) < 4.78 is 20.3. The first kappa shape index (κ1) is 22.8. The zero-order valence-corrected chi connectivity index (χ0v) is 14.5. The average Bonchev–Trinajstić information content (AvgIpc) is 2.65. The van der Waals surface area contributed by atoms with Crippen LogP contribution in [-0.2, 0) is 33.3 Å². The van der Waals surface area contributed by atoms with Crippen LogP contribution in [0.3, 0.4) is 0 Å². The number of carbonyl (C=O) groups excluding carboxylic acids is 3. The Bertz CT molecular complexity index is 460. The maximum absolute atomic E-state index is 11.4. The van der Waals surface area contributed by atoms with E-state index in [4.69, 9.17) is 18.9 Å². The minimum absolute atomic E-state index is 0.0136. The highest BCUT2D eigenvalue weighted by atomic mass is 16.6. The second kappa shape index (κ2) is 13.1. The smallest absolute Gasteiger partial charge is 0.330 e. The van der Waals surface area contributed by atoms with Crippen LogP contribution in [0.5, 0.6) is 0 Å². The summed E-state index contributed by atoms with van der Waals surface area (Å²) in [5, 5.41) is 9.69. The molecule has 8 nitrogen and oxygen atoms in total. The molecule has 0 spiro atoms. The topological polar surface area (TPSA) is 108 Å². The molecule has 0 aromatic heterocycles. The van der Waals surface area contributed by atoms with Crippen molar-refractivity contribution in [1.29, 1.82) is 0 Å². The lowest BCUT2D eigenvalue weighted by Gasteiger charge is -2.30. The zero-order chi connectivity index (χ0) is 19.1. The van der Waals surface area contributed by atoms with Gasteiger partial charge in [-0.05, 0) is 0 Å². The number of carbonyl (C=O) groups is 3. The van der Waals surface area contributed by atoms with E-state index in [0.717, 1.165) is 12.2 Å². The van der Waals surface area contributed by atoms with Gasteiger partial charge in [-0.25, -0.2) is 9.59 Å². The van der Waals surface area contributed by atoms with E-state index in [9.17, 15) is 19.5 Å². The van der Waals surface area contributed by atoms with Gasteiger partial charge in [0.05, 0.1) is 25.2 Å². The third kappa shape index (κ3) is 10.3. The lowest BCUT2D eigenvalue weighted by atomic mass is 9.92. The molecule has 0 saturated carbocycles. The molecule has 0 fully saturated rings. The molecule has 0 aromatic carbocycles. The summed E-state index contributed by atoms with van der Waals surface area (Å²) in [6.45, 7) is 7.82. The van der Waals surface area contributed by atoms with Crippen LogP contribution in [0.2, 0.25) is 0 Å². The Balaban J connectivity index is 4.50. The van der Waals surface area contributed by atoms with Crippen LogP contribution in [0.15, 0.2) is 25.3 Å². The summed E-state index contributed by atoms with van der Waals surface area (Å²) in [4.78, 5) is 33.5. The monoisotopic (exact) mass is 358 g/mol. The van der Waals surface area contributed by atoms with E-state index < -0.39 is 29.9 Å². The van der Waals surface area contributed by atoms with Crippen molar-refractivity contribution < 1.29 is 38.4 Å². The molecule has 0 saturated heterocycles. The Labute approximate surface area is 147 Å². The minimum atomic E-state index is -1.08. The van der Waals surface area contributed by atoms with E-state index in [0.29, 0.717) is 6.42 Å². The molecule has 1 atom stereocenters. The zero-order valence-electron chi connectivity index (χ0n) is 14.5. The molecular weight excluding hydrogens is 332 g/mol. The summed E-state index contributed by atoms with van der Waals surface area (Å²) in [5.41, 5.74) is -1.08. The molecule has 0 aliphatic carbocycles. The fourth-order valence-corrected chi connectivity index (χ4v) is 1.56. The SMILES string of the molecule is C=CC(=O)OCCCOCC(CO)(COC(=O)C=C)COC(=O)CC. The van der Waals surface area contributed by atoms with Crippen molar-refractivity contribution in [2.24, 2.45) is 5.41 Å². The predicted molar refractivity (Wildman–Crippen MR) is 88.5 cm³/mol. The van der Waals surface area contributed by atoms with Gasteiger partial charge in [-0.1, -0.05) is 20.1 Å². The van der Waals surface area contributed by atoms with Crippen molar-refractivity contribution in [2.75, 3.05) is 39.6 Å². The van der Waals surface area contributed by atoms with Gasteiger partial charge in [0.1, 0.15) is 13.2 Å². The lowest BCUT2D eigenvalue weighted by Crippen LogP contribution is -2.42. The normalized spacial score (nSPS) is 12.6. The molecule has 25 heavy (non-hydrogen) atoms. The van der Waals surface area contributed by atoms with Gasteiger partial charge in [0.2, 0.25) is 0 Å². The molecule has 0 rings (SSSR count). The number of rotatable bonds is 14. The standard InChI is InChI=1S/C17H26O8/c1-4-14(19)23-9-7-8-22-11-17(10-18,12-24-15(20)5-2)13-25-16(21)6-3/h4-5,18H,1-2,6-13H2,3H3. The first-order valence-corrected chi connectivity index (χ1v) is 7.85. The van der Waals surface area contributed by atoms with Crippen LogP contribution >= 0.6 is 0 Å². The van der Waals surface area contributed by atoms with Gasteiger partial charge in [0, 0.05) is 31.6 Å². The van der Waals surface area contributed by atoms with Crippen LogP contribution in [0.1, 0.15) is 19.8 Å². The molecule has 0 amide bonds. The van der Waals surface area contributed by atoms with Gasteiger partial charge in [-0.2, -0.15) is 0 Å². The van der Waals surface area contributed by atoms with E-state index >= 15 is 0 Å². The summed E-state index contributed by atoms with van der Waals surface area (Å²) in [6, 6.07) is 0. The summed E-state index contributed by atoms with van der Waals surface area (Å²) in [5.74, 6) is -1.62. The fraction of sp³-hybridized carbons (Fsp3) is 0.588. The van der Waals surface area contributed by atoms with E-state index in [1.54, 1.807) is 6.92 Å². The van der Waals surface area contributed by atoms with Crippen molar-refractivity contribution >= 4 is 17.9 Å². The maximum atomic E-state index is 11.4. The highest BCUT2D eigenvalue weighted by Crippen LogP contribution is 2.19. The molecule has 0 heterocycles. The van der Waals surface area contributed by atoms with Crippen LogP contribution in [0, 0.1) is 5.41 Å². The fourth-order valence-electron chi connectivity index (χ4n) is 1.56. The van der Waals surface area contributed by atoms with Gasteiger partial charge in [0.15, 0.2) is 0 Å². The highest BCUT2D eigenvalue weighted by Gasteiger charge is 2.33. The third-order valence-corrected chi connectivity index (χ3v) is 3.10. The Morgan fingerprint density at radius 1 is 0.960 bits per heavy atom. The Morgan fingerprint density at radius 3 is 2.12 bits per heavy atom. The predicted octanol–water partition coefficient (Wildman–Crippen LogP) is 0.783. The van der Waals surface area contributed by atoms with Gasteiger partial charge in [-0.15, -0.1) is 0 Å². The number of ether oxygens (including phenoxy) is 4. The van der Waals surface area contributed by atoms with Gasteiger partial charge in [-0.3, -0.25) is 4.79 Å². The number of hydrogen-bond donors (Lipinski definition) is 1. The molecular formula is C17H26O8. The van der Waals surface area contributed by atoms with E-state index in [-0.39, 0.29) is 39.5 Å². The molecule has 142 valence electrons. The molecule has 0 aliphatic rings. The third-order valence-electron chi connectivity index (χ3n) is 3.10. The molecule has 0 aromatic rings. The first-order chi connectivity index (χ1) is 11.9. The largest absolute Gasteiger partial charge is 0.465 e. The molecule has 1 N–H and O–H groups in total. The Hall–Kier alpha value is -2.19. The van der Waals surface area contributed by atoms with Crippen molar-refractivity contribution in [3.8, 4) is 0 Å². The maximum Gasteiger partial charge on any atom is 0.330 e. The molecule has 1 unspecified atom stereocenters. The summed E-state index contributed by atoms with van der Waals surface area (Å²) in [7, 11) is 0. The van der Waals surface area contributed by atoms with Crippen LogP contribution in [0.25, 0.3) is 0 Å². The van der Waals surface area contributed by atoms with Crippen molar-refractivity contribution in [3.05, 3.63) is 25.3 Å².